The first-order valence-corrected chi connectivity index (χ1v) is 13.2. The van der Waals surface area contributed by atoms with Gasteiger partial charge in [-0.1, -0.05) is 78.4 Å². The summed E-state index contributed by atoms with van der Waals surface area (Å²) in [6, 6.07) is 24.8. The van der Waals surface area contributed by atoms with Crippen LogP contribution in [0.1, 0.15) is 16.7 Å². The molecule has 1 unspecified atom stereocenters. The maximum absolute atomic E-state index is 13.8. The summed E-state index contributed by atoms with van der Waals surface area (Å²) in [7, 11) is -2.22. The second-order valence-electron chi connectivity index (χ2n) is 8.44. The minimum atomic E-state index is -3.75. The van der Waals surface area contributed by atoms with Crippen LogP contribution in [0.25, 0.3) is 0 Å². The number of carbonyl (C=O) groups excluding carboxylic acids is 2. The summed E-state index contributed by atoms with van der Waals surface area (Å²) in [6.07, 6.45) is 1.36. The number of para-hydroxylation sites is 1. The van der Waals surface area contributed by atoms with Crippen molar-refractivity contribution < 1.29 is 18.0 Å². The minimum absolute atomic E-state index is 0.165. The van der Waals surface area contributed by atoms with Gasteiger partial charge in [0.1, 0.15) is 12.6 Å². The van der Waals surface area contributed by atoms with Gasteiger partial charge in [-0.2, -0.15) is 0 Å². The molecule has 0 bridgehead atoms. The number of aryl methyl sites for hydroxylation is 1. The van der Waals surface area contributed by atoms with E-state index in [9.17, 15) is 18.0 Å². The fourth-order valence-corrected chi connectivity index (χ4v) is 4.79. The topological polar surface area (TPSA) is 86.8 Å². The van der Waals surface area contributed by atoms with Gasteiger partial charge in [0.25, 0.3) is 0 Å². The average Bonchev–Trinajstić information content (AvgIpc) is 2.84. The van der Waals surface area contributed by atoms with Gasteiger partial charge in [0.15, 0.2) is 0 Å². The molecule has 0 saturated heterocycles. The molecule has 3 rings (SSSR count). The fraction of sp³-hybridized carbons (Fsp3) is 0.259. The van der Waals surface area contributed by atoms with Crippen molar-refractivity contribution in [2.75, 3.05) is 24.2 Å². The summed E-state index contributed by atoms with van der Waals surface area (Å²) in [5.41, 5.74) is 3.16. The summed E-state index contributed by atoms with van der Waals surface area (Å²) >= 11 is 0. The van der Waals surface area contributed by atoms with E-state index in [4.69, 9.17) is 0 Å². The van der Waals surface area contributed by atoms with Gasteiger partial charge in [-0.05, 0) is 30.2 Å². The Kier molecular flexibility index (Phi) is 8.65. The first-order chi connectivity index (χ1) is 16.7. The summed E-state index contributed by atoms with van der Waals surface area (Å²) < 4.78 is 26.3. The van der Waals surface area contributed by atoms with Crippen LogP contribution in [0.2, 0.25) is 0 Å². The maximum atomic E-state index is 13.8. The van der Waals surface area contributed by atoms with Gasteiger partial charge in [-0.25, -0.2) is 8.42 Å². The third kappa shape index (κ3) is 7.16. The Balaban J connectivity index is 2.01. The van der Waals surface area contributed by atoms with Crippen molar-refractivity contribution in [3.05, 3.63) is 102 Å². The van der Waals surface area contributed by atoms with E-state index >= 15 is 0 Å². The molecule has 0 aromatic heterocycles. The molecule has 0 aliphatic carbocycles. The van der Waals surface area contributed by atoms with Crippen LogP contribution in [0.4, 0.5) is 5.69 Å². The molecule has 0 aliphatic rings. The van der Waals surface area contributed by atoms with Gasteiger partial charge >= 0.3 is 0 Å². The lowest BCUT2D eigenvalue weighted by atomic mass is 10.0. The van der Waals surface area contributed by atoms with Gasteiger partial charge < -0.3 is 10.2 Å². The van der Waals surface area contributed by atoms with Crippen molar-refractivity contribution in [3.63, 3.8) is 0 Å². The lowest BCUT2D eigenvalue weighted by molar-refractivity contribution is -0.139. The Hall–Kier alpha value is -3.65. The zero-order valence-corrected chi connectivity index (χ0v) is 21.0. The molecule has 0 saturated carbocycles. The van der Waals surface area contributed by atoms with E-state index in [0.29, 0.717) is 12.1 Å². The summed E-state index contributed by atoms with van der Waals surface area (Å²) in [5.74, 6) is -0.786. The second-order valence-corrected chi connectivity index (χ2v) is 10.3. The second kappa shape index (κ2) is 11.7. The first kappa shape index (κ1) is 26.0. The highest BCUT2D eigenvalue weighted by molar-refractivity contribution is 7.92. The summed E-state index contributed by atoms with van der Waals surface area (Å²) in [6.45, 7) is 1.70. The third-order valence-corrected chi connectivity index (χ3v) is 6.82. The molecule has 3 aromatic carbocycles. The Morgan fingerprint density at radius 2 is 1.49 bits per heavy atom. The lowest BCUT2D eigenvalue weighted by Gasteiger charge is -2.33. The van der Waals surface area contributed by atoms with Crippen LogP contribution < -0.4 is 9.62 Å². The lowest BCUT2D eigenvalue weighted by Crippen LogP contribution is -2.52. The summed E-state index contributed by atoms with van der Waals surface area (Å²) in [4.78, 5) is 28.3. The number of amides is 2. The van der Waals surface area contributed by atoms with E-state index in [1.54, 1.807) is 30.3 Å². The Morgan fingerprint density at radius 3 is 2.06 bits per heavy atom. The van der Waals surface area contributed by atoms with Crippen LogP contribution in [-0.2, 0) is 32.6 Å². The predicted molar refractivity (Wildman–Crippen MR) is 138 cm³/mol. The van der Waals surface area contributed by atoms with Crippen LogP contribution in [-0.4, -0.2) is 51.0 Å². The average molecular weight is 494 g/mol. The fourth-order valence-electron chi connectivity index (χ4n) is 3.94. The van der Waals surface area contributed by atoms with Crippen molar-refractivity contribution in [2.45, 2.75) is 25.9 Å². The number of nitrogens with one attached hydrogen (secondary N) is 1. The maximum Gasteiger partial charge on any atom is 0.244 e. The van der Waals surface area contributed by atoms with E-state index in [-0.39, 0.29) is 12.5 Å². The van der Waals surface area contributed by atoms with Crippen molar-refractivity contribution in [1.29, 1.82) is 0 Å². The zero-order valence-electron chi connectivity index (χ0n) is 20.2. The number of nitrogens with zero attached hydrogens (tertiary/aromatic N) is 2. The normalized spacial score (nSPS) is 12.0. The number of benzene rings is 3. The number of carbonyl (C=O) groups is 2. The molecule has 7 nitrogen and oxygen atoms in total. The van der Waals surface area contributed by atoms with Gasteiger partial charge in [0.05, 0.1) is 11.9 Å². The van der Waals surface area contributed by atoms with Gasteiger partial charge in [-0.3, -0.25) is 13.9 Å². The first-order valence-electron chi connectivity index (χ1n) is 11.3. The molecule has 0 aliphatic heterocycles. The highest BCUT2D eigenvalue weighted by atomic mass is 32.2. The van der Waals surface area contributed by atoms with E-state index in [2.05, 4.69) is 5.32 Å². The number of hydrogen-bond acceptors (Lipinski definition) is 4. The van der Waals surface area contributed by atoms with Crippen molar-refractivity contribution >= 4 is 27.5 Å². The largest absolute Gasteiger partial charge is 0.357 e. The molecular weight excluding hydrogens is 462 g/mol. The predicted octanol–water partition coefficient (Wildman–Crippen LogP) is 3.15. The molecule has 1 N–H and O–H groups in total. The Bertz CT molecular complexity index is 1250. The molecule has 1 atom stereocenters. The highest BCUT2D eigenvalue weighted by Crippen LogP contribution is 2.20. The van der Waals surface area contributed by atoms with Crippen LogP contribution in [0.5, 0.6) is 0 Å². The molecule has 0 heterocycles. The zero-order chi connectivity index (χ0) is 25.4. The Labute approximate surface area is 207 Å². The SMILES string of the molecule is CNC(=O)C(Cc1ccccc1)N(Cc1cccc(C)c1)C(=O)CN(c1ccccc1)S(C)(=O)=O. The molecule has 0 radical (unpaired) electrons. The highest BCUT2D eigenvalue weighted by Gasteiger charge is 2.32. The standard InChI is InChI=1S/C27H31N3O4S/c1-21-11-10-14-23(17-21)19-29(25(27(32)28-2)18-22-12-6-4-7-13-22)26(31)20-30(35(3,33)34)24-15-8-5-9-16-24/h4-17,25H,18-20H2,1-3H3,(H,28,32). The quantitative estimate of drug-likeness (QED) is 0.470. The van der Waals surface area contributed by atoms with E-state index < -0.39 is 28.5 Å². The minimum Gasteiger partial charge on any atom is -0.357 e. The van der Waals surface area contributed by atoms with Crippen LogP contribution >= 0.6 is 0 Å². The number of hydrogen-bond donors (Lipinski definition) is 1. The molecule has 184 valence electrons. The number of sulfonamides is 1. The van der Waals surface area contributed by atoms with Crippen molar-refractivity contribution in [3.8, 4) is 0 Å². The summed E-state index contributed by atoms with van der Waals surface area (Å²) in [5, 5.41) is 2.67. The van der Waals surface area contributed by atoms with Gasteiger partial charge in [0, 0.05) is 20.0 Å². The molecule has 0 fully saturated rings. The molecule has 0 spiro atoms. The van der Waals surface area contributed by atoms with Crippen molar-refractivity contribution in [1.82, 2.24) is 10.2 Å². The third-order valence-electron chi connectivity index (χ3n) is 5.68. The molecule has 35 heavy (non-hydrogen) atoms. The molecular formula is C27H31N3O4S. The number of rotatable bonds is 10. The Morgan fingerprint density at radius 1 is 0.886 bits per heavy atom. The van der Waals surface area contributed by atoms with Crippen LogP contribution in [0.15, 0.2) is 84.9 Å². The van der Waals surface area contributed by atoms with Gasteiger partial charge in [0.2, 0.25) is 21.8 Å². The van der Waals surface area contributed by atoms with E-state index in [0.717, 1.165) is 27.3 Å². The van der Waals surface area contributed by atoms with E-state index in [1.165, 1.54) is 11.9 Å². The smallest absolute Gasteiger partial charge is 0.244 e. The van der Waals surface area contributed by atoms with Crippen molar-refractivity contribution in [2.24, 2.45) is 0 Å². The number of likely N-dealkylation sites (N-methyl/N-ethyl adjacent to an activating group) is 1. The van der Waals surface area contributed by atoms with Crippen LogP contribution in [0, 0.1) is 6.92 Å². The number of anilines is 1. The van der Waals surface area contributed by atoms with Gasteiger partial charge in [-0.15, -0.1) is 0 Å². The van der Waals surface area contributed by atoms with E-state index in [1.807, 2.05) is 61.5 Å². The van der Waals surface area contributed by atoms with Crippen LogP contribution in [0.3, 0.4) is 0 Å². The molecule has 3 aromatic rings. The molecule has 2 amide bonds. The molecule has 8 heteroatoms. The monoisotopic (exact) mass is 493 g/mol.